The Hall–Kier alpha value is -2.82. The van der Waals surface area contributed by atoms with Gasteiger partial charge in [-0.1, -0.05) is 48.5 Å². The van der Waals surface area contributed by atoms with Crippen molar-refractivity contribution in [1.29, 1.82) is 0 Å². The van der Waals surface area contributed by atoms with Gasteiger partial charge in [0.1, 0.15) is 5.75 Å². The monoisotopic (exact) mass is 366 g/mol. The molecule has 1 aliphatic heterocycles. The molecule has 0 radical (unpaired) electrons. The van der Waals surface area contributed by atoms with E-state index in [1.165, 1.54) is 5.56 Å². The van der Waals surface area contributed by atoms with E-state index < -0.39 is 0 Å². The van der Waals surface area contributed by atoms with E-state index >= 15 is 0 Å². The standard InChI is InChI=1S/C22H26N2O3/c25-21(23-13-12-22(26)24-14-6-7-15-24)17-27-20-11-5-4-10-19(20)16-18-8-2-1-3-9-18/h1-5,8-11H,6-7,12-17H2,(H,23,25). The normalized spacial score (nSPS) is 13.4. The molecule has 3 rings (SSSR count). The summed E-state index contributed by atoms with van der Waals surface area (Å²) in [5.74, 6) is 0.616. The fraction of sp³-hybridized carbons (Fsp3) is 0.364. The van der Waals surface area contributed by atoms with E-state index in [9.17, 15) is 9.59 Å². The first-order chi connectivity index (χ1) is 13.2. The molecule has 0 atom stereocenters. The summed E-state index contributed by atoms with van der Waals surface area (Å²) in [6, 6.07) is 17.9. The summed E-state index contributed by atoms with van der Waals surface area (Å²) in [7, 11) is 0. The van der Waals surface area contributed by atoms with Crippen LogP contribution >= 0.6 is 0 Å². The predicted molar refractivity (Wildman–Crippen MR) is 105 cm³/mol. The summed E-state index contributed by atoms with van der Waals surface area (Å²) in [5.41, 5.74) is 2.24. The minimum atomic E-state index is -0.210. The third-order valence-corrected chi connectivity index (χ3v) is 4.69. The summed E-state index contributed by atoms with van der Waals surface area (Å²) in [6.45, 7) is 1.98. The van der Waals surface area contributed by atoms with Crippen molar-refractivity contribution in [3.63, 3.8) is 0 Å². The number of rotatable bonds is 8. The number of ether oxygens (including phenoxy) is 1. The van der Waals surface area contributed by atoms with Crippen LogP contribution in [0.5, 0.6) is 5.75 Å². The largest absolute Gasteiger partial charge is 0.483 e. The van der Waals surface area contributed by atoms with Gasteiger partial charge in [0.2, 0.25) is 5.91 Å². The highest BCUT2D eigenvalue weighted by Gasteiger charge is 2.17. The van der Waals surface area contributed by atoms with Gasteiger partial charge >= 0.3 is 0 Å². The lowest BCUT2D eigenvalue weighted by atomic mass is 10.0. The van der Waals surface area contributed by atoms with E-state index in [0.29, 0.717) is 18.7 Å². The maximum Gasteiger partial charge on any atom is 0.257 e. The van der Waals surface area contributed by atoms with E-state index in [2.05, 4.69) is 17.4 Å². The molecule has 0 aliphatic carbocycles. The van der Waals surface area contributed by atoms with Crippen LogP contribution in [0.25, 0.3) is 0 Å². The van der Waals surface area contributed by atoms with Crippen LogP contribution in [0.2, 0.25) is 0 Å². The Kier molecular flexibility index (Phi) is 6.85. The number of carbonyl (C=O) groups is 2. The molecule has 0 aromatic heterocycles. The van der Waals surface area contributed by atoms with E-state index in [-0.39, 0.29) is 18.4 Å². The molecule has 0 spiro atoms. The second-order valence-corrected chi connectivity index (χ2v) is 6.75. The Morgan fingerprint density at radius 3 is 2.44 bits per heavy atom. The van der Waals surface area contributed by atoms with Gasteiger partial charge in [0.05, 0.1) is 0 Å². The first kappa shape index (κ1) is 19.0. The summed E-state index contributed by atoms with van der Waals surface area (Å²) in [4.78, 5) is 25.9. The summed E-state index contributed by atoms with van der Waals surface area (Å²) in [5, 5.41) is 2.77. The Morgan fingerprint density at radius 2 is 1.67 bits per heavy atom. The highest BCUT2D eigenvalue weighted by Crippen LogP contribution is 2.21. The number of hydrogen-bond donors (Lipinski definition) is 1. The summed E-state index contributed by atoms with van der Waals surface area (Å²) >= 11 is 0. The van der Waals surface area contributed by atoms with E-state index in [4.69, 9.17) is 4.74 Å². The van der Waals surface area contributed by atoms with Gasteiger partial charge in [-0.05, 0) is 30.0 Å². The second-order valence-electron chi connectivity index (χ2n) is 6.75. The van der Waals surface area contributed by atoms with Crippen molar-refractivity contribution in [3.05, 3.63) is 65.7 Å². The molecule has 1 N–H and O–H groups in total. The van der Waals surface area contributed by atoms with Gasteiger partial charge in [-0.2, -0.15) is 0 Å². The van der Waals surface area contributed by atoms with Gasteiger partial charge in [0, 0.05) is 32.5 Å². The number of nitrogens with zero attached hydrogens (tertiary/aromatic N) is 1. The first-order valence-electron chi connectivity index (χ1n) is 9.51. The van der Waals surface area contributed by atoms with Gasteiger partial charge < -0.3 is 15.0 Å². The average molecular weight is 366 g/mol. The Balaban J connectivity index is 1.44. The number of likely N-dealkylation sites (tertiary alicyclic amines) is 1. The van der Waals surface area contributed by atoms with Crippen LogP contribution in [-0.4, -0.2) is 43.0 Å². The molecule has 2 aromatic rings. The summed E-state index contributed by atoms with van der Waals surface area (Å²) < 4.78 is 5.72. The quantitative estimate of drug-likeness (QED) is 0.782. The Bertz CT molecular complexity index is 755. The number of nitrogens with one attached hydrogen (secondary N) is 1. The number of carbonyl (C=O) groups excluding carboxylic acids is 2. The molecular weight excluding hydrogens is 340 g/mol. The molecule has 27 heavy (non-hydrogen) atoms. The van der Waals surface area contributed by atoms with Crippen molar-refractivity contribution >= 4 is 11.8 Å². The van der Waals surface area contributed by atoms with Gasteiger partial charge in [-0.25, -0.2) is 0 Å². The van der Waals surface area contributed by atoms with Crippen LogP contribution < -0.4 is 10.1 Å². The third-order valence-electron chi connectivity index (χ3n) is 4.69. The number of hydrogen-bond acceptors (Lipinski definition) is 3. The minimum absolute atomic E-state index is 0.0519. The van der Waals surface area contributed by atoms with Crippen molar-refractivity contribution in [2.75, 3.05) is 26.2 Å². The van der Waals surface area contributed by atoms with Crippen LogP contribution in [0.4, 0.5) is 0 Å². The lowest BCUT2D eigenvalue weighted by Crippen LogP contribution is -2.34. The van der Waals surface area contributed by atoms with Crippen LogP contribution in [0.15, 0.2) is 54.6 Å². The Labute approximate surface area is 160 Å². The van der Waals surface area contributed by atoms with Crippen LogP contribution in [0.1, 0.15) is 30.4 Å². The molecular formula is C22H26N2O3. The molecule has 142 valence electrons. The maximum atomic E-state index is 12.0. The van der Waals surface area contributed by atoms with Gasteiger partial charge in [0.15, 0.2) is 6.61 Å². The van der Waals surface area contributed by atoms with Crippen molar-refractivity contribution in [3.8, 4) is 5.75 Å². The fourth-order valence-electron chi connectivity index (χ4n) is 3.23. The van der Waals surface area contributed by atoms with Crippen LogP contribution in [0.3, 0.4) is 0 Å². The fourth-order valence-corrected chi connectivity index (χ4v) is 3.23. The molecule has 2 aromatic carbocycles. The van der Waals surface area contributed by atoms with Crippen LogP contribution in [0, 0.1) is 0 Å². The number of amides is 2. The van der Waals surface area contributed by atoms with E-state index in [1.807, 2.05) is 47.4 Å². The zero-order chi connectivity index (χ0) is 18.9. The van der Waals surface area contributed by atoms with Crippen molar-refractivity contribution in [2.45, 2.75) is 25.7 Å². The van der Waals surface area contributed by atoms with Gasteiger partial charge in [-0.15, -0.1) is 0 Å². The molecule has 2 amide bonds. The second kappa shape index (κ2) is 9.76. The van der Waals surface area contributed by atoms with E-state index in [1.54, 1.807) is 0 Å². The van der Waals surface area contributed by atoms with Crippen molar-refractivity contribution in [2.24, 2.45) is 0 Å². The predicted octanol–water partition coefficient (Wildman–Crippen LogP) is 2.78. The maximum absolute atomic E-state index is 12.0. The zero-order valence-corrected chi connectivity index (χ0v) is 15.5. The van der Waals surface area contributed by atoms with E-state index in [0.717, 1.165) is 37.9 Å². The molecule has 0 unspecified atom stereocenters. The third kappa shape index (κ3) is 5.84. The minimum Gasteiger partial charge on any atom is -0.483 e. The highest BCUT2D eigenvalue weighted by molar-refractivity contribution is 5.80. The molecule has 5 nitrogen and oxygen atoms in total. The molecule has 5 heteroatoms. The molecule has 0 bridgehead atoms. The topological polar surface area (TPSA) is 58.6 Å². The van der Waals surface area contributed by atoms with Crippen molar-refractivity contribution < 1.29 is 14.3 Å². The smallest absolute Gasteiger partial charge is 0.257 e. The summed E-state index contributed by atoms with van der Waals surface area (Å²) in [6.07, 6.45) is 3.25. The molecule has 1 fully saturated rings. The highest BCUT2D eigenvalue weighted by atomic mass is 16.5. The molecule has 0 saturated carbocycles. The number of para-hydroxylation sites is 1. The van der Waals surface area contributed by atoms with Gasteiger partial charge in [-0.3, -0.25) is 9.59 Å². The lowest BCUT2D eigenvalue weighted by Gasteiger charge is -2.15. The van der Waals surface area contributed by atoms with Gasteiger partial charge in [0.25, 0.3) is 5.91 Å². The molecule has 1 saturated heterocycles. The van der Waals surface area contributed by atoms with Crippen molar-refractivity contribution in [1.82, 2.24) is 10.2 Å². The number of benzene rings is 2. The SMILES string of the molecule is O=C(COc1ccccc1Cc1ccccc1)NCCC(=O)N1CCCC1. The molecule has 1 heterocycles. The first-order valence-corrected chi connectivity index (χ1v) is 9.51. The average Bonchev–Trinajstić information content (AvgIpc) is 3.23. The Morgan fingerprint density at radius 1 is 0.963 bits per heavy atom. The lowest BCUT2D eigenvalue weighted by molar-refractivity contribution is -0.130. The van der Waals surface area contributed by atoms with Crippen LogP contribution in [-0.2, 0) is 16.0 Å². The zero-order valence-electron chi connectivity index (χ0n) is 15.5. The molecule has 1 aliphatic rings.